The number of hydrogen-bond donors (Lipinski definition) is 1. The summed E-state index contributed by atoms with van der Waals surface area (Å²) in [5.74, 6) is 1.85. The van der Waals surface area contributed by atoms with Crippen molar-refractivity contribution in [2.45, 2.75) is 0 Å². The Kier molecular flexibility index (Phi) is 6.83. The molecule has 1 aliphatic rings. The summed E-state index contributed by atoms with van der Waals surface area (Å²) in [4.78, 5) is 21.0. The maximum absolute atomic E-state index is 12.5. The lowest BCUT2D eigenvalue weighted by Crippen LogP contribution is -2.49. The maximum atomic E-state index is 12.5. The van der Waals surface area contributed by atoms with E-state index in [-0.39, 0.29) is 12.5 Å². The van der Waals surface area contributed by atoms with Gasteiger partial charge < -0.3 is 19.7 Å². The lowest BCUT2D eigenvalue weighted by Gasteiger charge is -2.35. The number of nitrogens with zero attached hydrogens (tertiary/aromatic N) is 3. The van der Waals surface area contributed by atoms with E-state index in [2.05, 4.69) is 20.1 Å². The SMILES string of the molecule is COc1ccc(OC)c(NC(=O)CN2CCN(c3ncc(Cl)cc3Cl)CC2)c1. The van der Waals surface area contributed by atoms with E-state index < -0.39 is 0 Å². The van der Waals surface area contributed by atoms with E-state index in [1.807, 2.05) is 0 Å². The Morgan fingerprint density at radius 1 is 1.14 bits per heavy atom. The summed E-state index contributed by atoms with van der Waals surface area (Å²) in [7, 11) is 3.14. The average Bonchev–Trinajstić information content (AvgIpc) is 2.68. The molecule has 0 bridgehead atoms. The van der Waals surface area contributed by atoms with Crippen molar-refractivity contribution in [3.63, 3.8) is 0 Å². The van der Waals surface area contributed by atoms with Crippen molar-refractivity contribution in [3.8, 4) is 11.5 Å². The molecule has 9 heteroatoms. The molecule has 1 aromatic heterocycles. The Hall–Kier alpha value is -2.22. The molecular weight excluding hydrogens is 403 g/mol. The lowest BCUT2D eigenvalue weighted by atomic mass is 10.2. The van der Waals surface area contributed by atoms with Crippen molar-refractivity contribution >= 4 is 40.6 Å². The highest BCUT2D eigenvalue weighted by Crippen LogP contribution is 2.29. The van der Waals surface area contributed by atoms with E-state index in [1.54, 1.807) is 44.7 Å². The normalized spacial score (nSPS) is 14.6. The quantitative estimate of drug-likeness (QED) is 0.767. The van der Waals surface area contributed by atoms with Crippen LogP contribution in [0.4, 0.5) is 11.5 Å². The van der Waals surface area contributed by atoms with E-state index in [4.69, 9.17) is 32.7 Å². The molecule has 1 N–H and O–H groups in total. The van der Waals surface area contributed by atoms with E-state index >= 15 is 0 Å². The number of benzene rings is 1. The zero-order valence-corrected chi connectivity index (χ0v) is 17.3. The van der Waals surface area contributed by atoms with Crippen molar-refractivity contribution in [3.05, 3.63) is 40.5 Å². The minimum Gasteiger partial charge on any atom is -0.497 e. The maximum Gasteiger partial charge on any atom is 0.238 e. The van der Waals surface area contributed by atoms with Crippen LogP contribution in [0, 0.1) is 0 Å². The number of hydrogen-bond acceptors (Lipinski definition) is 6. The first-order valence-corrected chi connectivity index (χ1v) is 9.56. The third-order valence-corrected chi connectivity index (χ3v) is 4.99. The Bertz CT molecular complexity index is 842. The predicted octanol–water partition coefficient (Wildman–Crippen LogP) is 3.17. The van der Waals surface area contributed by atoms with Gasteiger partial charge >= 0.3 is 0 Å². The molecule has 1 saturated heterocycles. The molecule has 0 aliphatic carbocycles. The number of amides is 1. The van der Waals surface area contributed by atoms with Gasteiger partial charge in [0.25, 0.3) is 0 Å². The van der Waals surface area contributed by atoms with Gasteiger partial charge in [-0.15, -0.1) is 0 Å². The van der Waals surface area contributed by atoms with E-state index in [0.29, 0.717) is 27.2 Å². The second-order valence-corrected chi connectivity index (χ2v) is 7.18. The second kappa shape index (κ2) is 9.32. The monoisotopic (exact) mass is 424 g/mol. The van der Waals surface area contributed by atoms with Crippen molar-refractivity contribution in [1.29, 1.82) is 0 Å². The molecule has 1 aromatic carbocycles. The average molecular weight is 425 g/mol. The number of carbonyl (C=O) groups is 1. The van der Waals surface area contributed by atoms with Crippen LogP contribution in [0.2, 0.25) is 10.0 Å². The van der Waals surface area contributed by atoms with Gasteiger partial charge in [-0.2, -0.15) is 0 Å². The molecule has 0 unspecified atom stereocenters. The van der Waals surface area contributed by atoms with Gasteiger partial charge in [-0.3, -0.25) is 9.69 Å². The van der Waals surface area contributed by atoms with E-state index in [1.165, 1.54) is 0 Å². The van der Waals surface area contributed by atoms with Gasteiger partial charge in [0.05, 0.1) is 36.5 Å². The number of carbonyl (C=O) groups excluding carboxylic acids is 1. The van der Waals surface area contributed by atoms with Crippen LogP contribution >= 0.6 is 23.2 Å². The molecule has 7 nitrogen and oxygen atoms in total. The molecule has 0 saturated carbocycles. The third kappa shape index (κ3) is 4.98. The number of ether oxygens (including phenoxy) is 2. The van der Waals surface area contributed by atoms with Crippen LogP contribution in [-0.2, 0) is 4.79 Å². The second-order valence-electron chi connectivity index (χ2n) is 6.34. The zero-order valence-electron chi connectivity index (χ0n) is 15.7. The number of piperazine rings is 1. The minimum absolute atomic E-state index is 0.109. The van der Waals surface area contributed by atoms with Gasteiger partial charge in [0.15, 0.2) is 0 Å². The van der Waals surface area contributed by atoms with Gasteiger partial charge in [-0.25, -0.2) is 4.98 Å². The fraction of sp³-hybridized carbons (Fsp3) is 0.368. The number of nitrogens with one attached hydrogen (secondary N) is 1. The Morgan fingerprint density at radius 3 is 2.54 bits per heavy atom. The number of aromatic nitrogens is 1. The highest BCUT2D eigenvalue weighted by molar-refractivity contribution is 6.36. The molecule has 1 fully saturated rings. The summed E-state index contributed by atoms with van der Waals surface area (Å²) < 4.78 is 10.5. The molecule has 0 atom stereocenters. The Balaban J connectivity index is 1.55. The summed E-state index contributed by atoms with van der Waals surface area (Å²) in [5, 5.41) is 3.94. The van der Waals surface area contributed by atoms with Crippen molar-refractivity contribution < 1.29 is 14.3 Å². The van der Waals surface area contributed by atoms with Crippen LogP contribution in [-0.4, -0.2) is 62.7 Å². The molecule has 0 radical (unpaired) electrons. The minimum atomic E-state index is -0.109. The van der Waals surface area contributed by atoms with Gasteiger partial charge in [-0.1, -0.05) is 23.2 Å². The highest BCUT2D eigenvalue weighted by atomic mass is 35.5. The fourth-order valence-corrected chi connectivity index (χ4v) is 3.56. The van der Waals surface area contributed by atoms with Gasteiger partial charge in [-0.05, 0) is 18.2 Å². The summed E-state index contributed by atoms with van der Waals surface area (Å²) >= 11 is 12.1. The van der Waals surface area contributed by atoms with Crippen molar-refractivity contribution in [2.24, 2.45) is 0 Å². The summed E-state index contributed by atoms with van der Waals surface area (Å²) in [5.41, 5.74) is 0.586. The zero-order chi connectivity index (χ0) is 20.1. The highest BCUT2D eigenvalue weighted by Gasteiger charge is 2.22. The molecule has 1 aliphatic heterocycles. The standard InChI is InChI=1S/C19H22Cl2N4O3/c1-27-14-3-4-17(28-2)16(10-14)23-18(26)12-24-5-7-25(8-6-24)19-15(21)9-13(20)11-22-19/h3-4,9-11H,5-8,12H2,1-2H3,(H,23,26). The molecule has 150 valence electrons. The first kappa shape index (κ1) is 20.5. The molecule has 0 spiro atoms. The summed E-state index contributed by atoms with van der Waals surface area (Å²) in [6.07, 6.45) is 1.59. The largest absolute Gasteiger partial charge is 0.497 e. The topological polar surface area (TPSA) is 66.9 Å². The predicted molar refractivity (Wildman–Crippen MR) is 111 cm³/mol. The van der Waals surface area contributed by atoms with E-state index in [0.717, 1.165) is 32.0 Å². The molecule has 1 amide bonds. The van der Waals surface area contributed by atoms with Gasteiger partial charge in [0, 0.05) is 38.4 Å². The molecule has 2 heterocycles. The Morgan fingerprint density at radius 2 is 1.89 bits per heavy atom. The lowest BCUT2D eigenvalue weighted by molar-refractivity contribution is -0.117. The summed E-state index contributed by atoms with van der Waals surface area (Å²) in [6.45, 7) is 3.19. The number of anilines is 2. The fourth-order valence-electron chi connectivity index (χ4n) is 3.06. The smallest absolute Gasteiger partial charge is 0.238 e. The molecule has 3 rings (SSSR count). The van der Waals surface area contributed by atoms with E-state index in [9.17, 15) is 4.79 Å². The molecular formula is C19H22Cl2N4O3. The van der Waals surface area contributed by atoms with Crippen LogP contribution in [0.1, 0.15) is 0 Å². The number of methoxy groups -OCH3 is 2. The van der Waals surface area contributed by atoms with Crippen LogP contribution in [0.25, 0.3) is 0 Å². The van der Waals surface area contributed by atoms with Gasteiger partial charge in [0.2, 0.25) is 5.91 Å². The third-order valence-electron chi connectivity index (χ3n) is 4.51. The van der Waals surface area contributed by atoms with Crippen LogP contribution in [0.5, 0.6) is 11.5 Å². The number of halogens is 2. The summed E-state index contributed by atoms with van der Waals surface area (Å²) in [6, 6.07) is 6.97. The first-order chi connectivity index (χ1) is 13.5. The van der Waals surface area contributed by atoms with Crippen molar-refractivity contribution in [1.82, 2.24) is 9.88 Å². The number of pyridine rings is 1. The first-order valence-electron chi connectivity index (χ1n) is 8.80. The van der Waals surface area contributed by atoms with Gasteiger partial charge in [0.1, 0.15) is 17.3 Å². The molecule has 28 heavy (non-hydrogen) atoms. The van der Waals surface area contributed by atoms with Crippen LogP contribution in [0.3, 0.4) is 0 Å². The van der Waals surface area contributed by atoms with Crippen molar-refractivity contribution in [2.75, 3.05) is 57.2 Å². The number of rotatable bonds is 6. The Labute approximate surface area is 174 Å². The molecule has 2 aromatic rings. The van der Waals surface area contributed by atoms with Crippen LogP contribution < -0.4 is 19.7 Å². The van der Waals surface area contributed by atoms with Crippen LogP contribution in [0.15, 0.2) is 30.5 Å².